The number of carbonyl (C=O) groups is 1. The minimum absolute atomic E-state index is 0.00668. The Bertz CT molecular complexity index is 1020. The lowest BCUT2D eigenvalue weighted by molar-refractivity contribution is -0.274. The molecule has 0 spiro atoms. The largest absolute Gasteiger partial charge is 0.573 e. The van der Waals surface area contributed by atoms with Crippen LogP contribution in [-0.4, -0.2) is 45.3 Å². The van der Waals surface area contributed by atoms with Crippen molar-refractivity contribution < 1.29 is 27.4 Å². The number of rotatable bonds is 7. The molecule has 12 heteroatoms. The lowest BCUT2D eigenvalue weighted by Gasteiger charge is -2.11. The molecule has 30 heavy (non-hydrogen) atoms. The summed E-state index contributed by atoms with van der Waals surface area (Å²) in [6.07, 6.45) is -4.77. The van der Waals surface area contributed by atoms with Crippen molar-refractivity contribution in [1.82, 2.24) is 20.2 Å². The third kappa shape index (κ3) is 5.63. The van der Waals surface area contributed by atoms with Crippen LogP contribution in [0.1, 0.15) is 5.56 Å². The van der Waals surface area contributed by atoms with Gasteiger partial charge in [0.1, 0.15) is 11.5 Å². The molecule has 0 radical (unpaired) electrons. The summed E-state index contributed by atoms with van der Waals surface area (Å²) in [5, 5.41) is 14.3. The van der Waals surface area contributed by atoms with Gasteiger partial charge >= 0.3 is 6.36 Å². The van der Waals surface area contributed by atoms with Crippen molar-refractivity contribution in [3.8, 4) is 17.2 Å². The molecule has 2 aromatic carbocycles. The Morgan fingerprint density at radius 1 is 1.20 bits per heavy atom. The first kappa shape index (κ1) is 21.4. The Hall–Kier alpha value is -3.28. The number of thioether (sulfide) groups is 1. The molecule has 158 valence electrons. The summed E-state index contributed by atoms with van der Waals surface area (Å²) in [5.41, 5.74) is 1.92. The SMILES string of the molecule is COc1ccc(C)cc1NC(=O)CSc1nnnn1-c1ccc(OC(F)(F)F)cc1. The molecule has 0 fully saturated rings. The number of ether oxygens (including phenoxy) is 2. The molecule has 0 aliphatic rings. The number of halogens is 3. The van der Waals surface area contributed by atoms with Crippen LogP contribution < -0.4 is 14.8 Å². The van der Waals surface area contributed by atoms with E-state index in [-0.39, 0.29) is 17.4 Å². The van der Waals surface area contributed by atoms with Gasteiger partial charge < -0.3 is 14.8 Å². The number of aryl methyl sites for hydroxylation is 1. The number of nitrogens with one attached hydrogen (secondary N) is 1. The molecule has 1 N–H and O–H groups in total. The van der Waals surface area contributed by atoms with Gasteiger partial charge in [-0.3, -0.25) is 4.79 Å². The van der Waals surface area contributed by atoms with Crippen molar-refractivity contribution in [3.05, 3.63) is 48.0 Å². The van der Waals surface area contributed by atoms with Gasteiger partial charge in [0, 0.05) is 0 Å². The third-order valence-corrected chi connectivity index (χ3v) is 4.64. The van der Waals surface area contributed by atoms with Crippen molar-refractivity contribution in [2.75, 3.05) is 18.2 Å². The van der Waals surface area contributed by atoms with Crippen LogP contribution in [0.4, 0.5) is 18.9 Å². The maximum atomic E-state index is 12.3. The zero-order chi connectivity index (χ0) is 21.7. The molecule has 1 aromatic heterocycles. The summed E-state index contributed by atoms with van der Waals surface area (Å²) in [6.45, 7) is 1.89. The number of methoxy groups -OCH3 is 1. The highest BCUT2D eigenvalue weighted by molar-refractivity contribution is 7.99. The number of anilines is 1. The molecule has 0 saturated carbocycles. The number of aromatic nitrogens is 4. The Balaban J connectivity index is 1.65. The van der Waals surface area contributed by atoms with E-state index in [1.165, 1.54) is 23.9 Å². The van der Waals surface area contributed by atoms with Gasteiger partial charge in [-0.15, -0.1) is 18.3 Å². The molecule has 3 aromatic rings. The number of amides is 1. The fourth-order valence-electron chi connectivity index (χ4n) is 2.46. The highest BCUT2D eigenvalue weighted by Gasteiger charge is 2.31. The van der Waals surface area contributed by atoms with E-state index in [2.05, 4.69) is 25.6 Å². The second kappa shape index (κ2) is 9.03. The topological polar surface area (TPSA) is 91.2 Å². The van der Waals surface area contributed by atoms with Crippen LogP contribution in [0.15, 0.2) is 47.6 Å². The van der Waals surface area contributed by atoms with E-state index in [1.54, 1.807) is 12.1 Å². The lowest BCUT2D eigenvalue weighted by atomic mass is 10.2. The van der Waals surface area contributed by atoms with Gasteiger partial charge in [0.25, 0.3) is 0 Å². The minimum Gasteiger partial charge on any atom is -0.495 e. The van der Waals surface area contributed by atoms with Gasteiger partial charge in [0.15, 0.2) is 0 Å². The smallest absolute Gasteiger partial charge is 0.495 e. The molecule has 8 nitrogen and oxygen atoms in total. The second-order valence-corrected chi connectivity index (χ2v) is 6.90. The highest BCUT2D eigenvalue weighted by Crippen LogP contribution is 2.27. The Morgan fingerprint density at radius 2 is 1.93 bits per heavy atom. The normalized spacial score (nSPS) is 11.2. The van der Waals surface area contributed by atoms with Crippen molar-refractivity contribution in [2.45, 2.75) is 18.4 Å². The quantitative estimate of drug-likeness (QED) is 0.563. The number of hydrogen-bond acceptors (Lipinski definition) is 7. The minimum atomic E-state index is -4.77. The number of tetrazole rings is 1. The Morgan fingerprint density at radius 3 is 2.60 bits per heavy atom. The summed E-state index contributed by atoms with van der Waals surface area (Å²) in [5.74, 6) is -0.121. The van der Waals surface area contributed by atoms with Crippen molar-refractivity contribution >= 4 is 23.4 Å². The predicted molar refractivity (Wildman–Crippen MR) is 103 cm³/mol. The molecule has 0 aliphatic heterocycles. The molecule has 0 aliphatic carbocycles. The van der Waals surface area contributed by atoms with E-state index in [4.69, 9.17) is 4.74 Å². The molecular weight excluding hydrogens is 423 g/mol. The Labute approximate surface area is 173 Å². The first-order chi connectivity index (χ1) is 14.2. The number of alkyl halides is 3. The summed E-state index contributed by atoms with van der Waals surface area (Å²) in [6, 6.07) is 10.5. The predicted octanol–water partition coefficient (Wildman–Crippen LogP) is 3.61. The summed E-state index contributed by atoms with van der Waals surface area (Å²) < 4.78 is 47.2. The highest BCUT2D eigenvalue weighted by atomic mass is 32.2. The van der Waals surface area contributed by atoms with E-state index >= 15 is 0 Å². The number of nitrogens with zero attached hydrogens (tertiary/aromatic N) is 4. The van der Waals surface area contributed by atoms with Crippen LogP contribution in [0.2, 0.25) is 0 Å². The van der Waals surface area contributed by atoms with E-state index in [0.717, 1.165) is 29.5 Å². The van der Waals surface area contributed by atoms with Crippen molar-refractivity contribution in [3.63, 3.8) is 0 Å². The molecule has 0 unspecified atom stereocenters. The number of carbonyl (C=O) groups excluding carboxylic acids is 1. The molecule has 0 bridgehead atoms. The van der Waals surface area contributed by atoms with Crippen LogP contribution in [-0.2, 0) is 4.79 Å². The van der Waals surface area contributed by atoms with Gasteiger partial charge in [0.2, 0.25) is 11.1 Å². The van der Waals surface area contributed by atoms with Gasteiger partial charge in [-0.05, 0) is 59.3 Å². The second-order valence-electron chi connectivity index (χ2n) is 5.96. The van der Waals surface area contributed by atoms with Crippen molar-refractivity contribution in [2.24, 2.45) is 0 Å². The van der Waals surface area contributed by atoms with Crippen LogP contribution in [0.3, 0.4) is 0 Å². The van der Waals surface area contributed by atoms with E-state index in [1.807, 2.05) is 13.0 Å². The lowest BCUT2D eigenvalue weighted by Crippen LogP contribution is -2.17. The van der Waals surface area contributed by atoms with Gasteiger partial charge in [0.05, 0.1) is 24.2 Å². The molecular formula is C18H16F3N5O3S. The zero-order valence-corrected chi connectivity index (χ0v) is 16.6. The summed E-state index contributed by atoms with van der Waals surface area (Å²) in [7, 11) is 1.51. The number of hydrogen-bond donors (Lipinski definition) is 1. The summed E-state index contributed by atoms with van der Waals surface area (Å²) >= 11 is 1.07. The zero-order valence-electron chi connectivity index (χ0n) is 15.8. The molecule has 0 atom stereocenters. The van der Waals surface area contributed by atoms with Crippen molar-refractivity contribution in [1.29, 1.82) is 0 Å². The Kier molecular flexibility index (Phi) is 6.45. The first-order valence-corrected chi connectivity index (χ1v) is 9.45. The van der Waals surface area contributed by atoms with Gasteiger partial charge in [-0.2, -0.15) is 4.68 Å². The molecule has 0 saturated heterocycles. The van der Waals surface area contributed by atoms with Crippen LogP contribution >= 0.6 is 11.8 Å². The van der Waals surface area contributed by atoms with Gasteiger partial charge in [-0.25, -0.2) is 0 Å². The molecule has 3 rings (SSSR count). The van der Waals surface area contributed by atoms with Crippen LogP contribution in [0.5, 0.6) is 11.5 Å². The fourth-order valence-corrected chi connectivity index (χ4v) is 3.15. The molecule has 1 heterocycles. The average molecular weight is 439 g/mol. The molecule has 1 amide bonds. The standard InChI is InChI=1S/C18H16F3N5O3S/c1-11-3-8-15(28-2)14(9-11)22-16(27)10-30-17-23-24-25-26(17)12-4-6-13(7-5-12)29-18(19,20)21/h3-9H,10H2,1-2H3,(H,22,27). The van der Waals surface area contributed by atoms with Crippen LogP contribution in [0, 0.1) is 6.92 Å². The fraction of sp³-hybridized carbons (Fsp3) is 0.222. The first-order valence-electron chi connectivity index (χ1n) is 8.47. The monoisotopic (exact) mass is 439 g/mol. The summed E-state index contributed by atoms with van der Waals surface area (Å²) in [4.78, 5) is 12.3. The maximum absolute atomic E-state index is 12.3. The average Bonchev–Trinajstić information content (AvgIpc) is 3.14. The number of benzene rings is 2. The van der Waals surface area contributed by atoms with E-state index in [9.17, 15) is 18.0 Å². The van der Waals surface area contributed by atoms with Crippen LogP contribution in [0.25, 0.3) is 5.69 Å². The van der Waals surface area contributed by atoms with E-state index < -0.39 is 6.36 Å². The van der Waals surface area contributed by atoms with Gasteiger partial charge in [-0.1, -0.05) is 17.8 Å². The third-order valence-electron chi connectivity index (χ3n) is 3.72. The van der Waals surface area contributed by atoms with E-state index in [0.29, 0.717) is 22.3 Å². The maximum Gasteiger partial charge on any atom is 0.573 e.